The second kappa shape index (κ2) is 6.12. The molecule has 0 heterocycles. The van der Waals surface area contributed by atoms with Gasteiger partial charge in [0.1, 0.15) is 0 Å². The van der Waals surface area contributed by atoms with E-state index in [9.17, 15) is 4.79 Å². The molecule has 0 bridgehead atoms. The second-order valence-electron chi connectivity index (χ2n) is 5.74. The van der Waals surface area contributed by atoms with Crippen molar-refractivity contribution in [2.45, 2.75) is 39.8 Å². The maximum atomic E-state index is 12.0. The van der Waals surface area contributed by atoms with Gasteiger partial charge < -0.3 is 11.1 Å². The fourth-order valence-electron chi connectivity index (χ4n) is 1.63. The van der Waals surface area contributed by atoms with Crippen molar-refractivity contribution in [1.29, 1.82) is 0 Å². The highest BCUT2D eigenvalue weighted by atomic mass is 35.5. The summed E-state index contributed by atoms with van der Waals surface area (Å²) in [7, 11) is 0. The fraction of sp³-hybridized carbons (Fsp3) is 0.500. The van der Waals surface area contributed by atoms with Crippen LogP contribution in [0, 0.1) is 5.41 Å². The smallest absolute Gasteiger partial charge is 0.237 e. The number of rotatable bonds is 3. The molecule has 0 aliphatic carbocycles. The molecule has 0 saturated carbocycles. The zero-order valence-corrected chi connectivity index (χ0v) is 13.1. The predicted molar refractivity (Wildman–Crippen MR) is 80.5 cm³/mol. The van der Waals surface area contributed by atoms with Gasteiger partial charge >= 0.3 is 0 Å². The highest BCUT2D eigenvalue weighted by Crippen LogP contribution is 2.26. The molecular weight excluding hydrogens is 283 g/mol. The third-order valence-corrected chi connectivity index (χ3v) is 3.57. The lowest BCUT2D eigenvalue weighted by atomic mass is 9.86. The van der Waals surface area contributed by atoms with Gasteiger partial charge in [0.25, 0.3) is 0 Å². The van der Waals surface area contributed by atoms with Crippen molar-refractivity contribution in [2.75, 3.05) is 0 Å². The normalized spacial score (nSPS) is 14.9. The molecule has 0 aromatic heterocycles. The summed E-state index contributed by atoms with van der Waals surface area (Å²) in [5.41, 5.74) is 6.45. The maximum absolute atomic E-state index is 12.0. The molecule has 0 radical (unpaired) electrons. The first-order chi connectivity index (χ1) is 8.62. The molecule has 1 aromatic rings. The van der Waals surface area contributed by atoms with Crippen LogP contribution in [0.15, 0.2) is 18.2 Å². The van der Waals surface area contributed by atoms with Crippen LogP contribution in [0.5, 0.6) is 0 Å². The number of halogens is 2. The van der Waals surface area contributed by atoms with Crippen molar-refractivity contribution in [2.24, 2.45) is 11.1 Å². The summed E-state index contributed by atoms with van der Waals surface area (Å²) >= 11 is 12.0. The molecule has 0 aliphatic heterocycles. The lowest BCUT2D eigenvalue weighted by Gasteiger charge is -2.27. The minimum absolute atomic E-state index is 0.189. The summed E-state index contributed by atoms with van der Waals surface area (Å²) in [6.07, 6.45) is 0. The van der Waals surface area contributed by atoms with E-state index in [4.69, 9.17) is 28.9 Å². The van der Waals surface area contributed by atoms with Gasteiger partial charge in [0.2, 0.25) is 5.91 Å². The van der Waals surface area contributed by atoms with Crippen LogP contribution in [0.4, 0.5) is 0 Å². The highest BCUT2D eigenvalue weighted by Gasteiger charge is 2.28. The topological polar surface area (TPSA) is 55.1 Å². The molecule has 2 unspecified atom stereocenters. The van der Waals surface area contributed by atoms with Crippen LogP contribution in [0.2, 0.25) is 10.0 Å². The SMILES string of the molecule is CC(NC(=O)C(N)C(C)(C)C)c1ccc(Cl)cc1Cl. The zero-order valence-electron chi connectivity index (χ0n) is 11.6. The molecule has 0 aliphatic rings. The maximum Gasteiger partial charge on any atom is 0.237 e. The summed E-state index contributed by atoms with van der Waals surface area (Å²) in [6, 6.07) is 4.42. The molecule has 5 heteroatoms. The zero-order chi connectivity index (χ0) is 14.8. The first kappa shape index (κ1) is 16.3. The van der Waals surface area contributed by atoms with Crippen molar-refractivity contribution in [3.8, 4) is 0 Å². The van der Waals surface area contributed by atoms with Crippen LogP contribution in [0.1, 0.15) is 39.3 Å². The van der Waals surface area contributed by atoms with Gasteiger partial charge in [-0.1, -0.05) is 50.0 Å². The number of hydrogen-bond donors (Lipinski definition) is 2. The van der Waals surface area contributed by atoms with Crippen molar-refractivity contribution in [1.82, 2.24) is 5.32 Å². The summed E-state index contributed by atoms with van der Waals surface area (Å²) in [6.45, 7) is 7.65. The largest absolute Gasteiger partial charge is 0.348 e. The molecule has 0 spiro atoms. The molecule has 2 atom stereocenters. The number of amides is 1. The third-order valence-electron chi connectivity index (χ3n) is 3.00. The van der Waals surface area contributed by atoms with E-state index >= 15 is 0 Å². The number of nitrogens with two attached hydrogens (primary N) is 1. The van der Waals surface area contributed by atoms with Crippen LogP contribution in [0.3, 0.4) is 0 Å². The molecular formula is C14H20Cl2N2O. The molecule has 3 N–H and O–H groups in total. The molecule has 1 amide bonds. The van der Waals surface area contributed by atoms with E-state index in [0.717, 1.165) is 5.56 Å². The van der Waals surface area contributed by atoms with E-state index in [2.05, 4.69) is 5.32 Å². The van der Waals surface area contributed by atoms with Crippen LogP contribution in [-0.4, -0.2) is 11.9 Å². The number of carbonyl (C=O) groups is 1. The minimum atomic E-state index is -0.568. The number of carbonyl (C=O) groups excluding carboxylic acids is 1. The molecule has 106 valence electrons. The lowest BCUT2D eigenvalue weighted by molar-refractivity contribution is -0.125. The Bertz CT molecular complexity index is 469. The first-order valence-corrected chi connectivity index (χ1v) is 6.89. The summed E-state index contributed by atoms with van der Waals surface area (Å²) in [4.78, 5) is 12.0. The Hall–Kier alpha value is -0.770. The van der Waals surface area contributed by atoms with E-state index in [1.165, 1.54) is 0 Å². The van der Waals surface area contributed by atoms with Gasteiger partial charge in [-0.3, -0.25) is 4.79 Å². The average Bonchev–Trinajstić information content (AvgIpc) is 2.26. The standard InChI is InChI=1S/C14H20Cl2N2O/c1-8(10-6-5-9(15)7-11(10)16)18-13(19)12(17)14(2,3)4/h5-8,12H,17H2,1-4H3,(H,18,19). The van der Waals surface area contributed by atoms with E-state index < -0.39 is 6.04 Å². The summed E-state index contributed by atoms with van der Waals surface area (Å²) in [5.74, 6) is -0.189. The van der Waals surface area contributed by atoms with Crippen molar-refractivity contribution >= 4 is 29.1 Å². The van der Waals surface area contributed by atoms with Gasteiger partial charge in [-0.2, -0.15) is 0 Å². The fourth-order valence-corrected chi connectivity index (χ4v) is 2.20. The van der Waals surface area contributed by atoms with Crippen LogP contribution >= 0.6 is 23.2 Å². The number of benzene rings is 1. The van der Waals surface area contributed by atoms with E-state index in [1.807, 2.05) is 27.7 Å². The van der Waals surface area contributed by atoms with Crippen LogP contribution < -0.4 is 11.1 Å². The minimum Gasteiger partial charge on any atom is -0.348 e. The molecule has 0 saturated heterocycles. The van der Waals surface area contributed by atoms with Gasteiger partial charge in [-0.05, 0) is 30.0 Å². The predicted octanol–water partition coefficient (Wildman–Crippen LogP) is 3.54. The molecule has 1 aromatic carbocycles. The van der Waals surface area contributed by atoms with Gasteiger partial charge in [0.05, 0.1) is 12.1 Å². The van der Waals surface area contributed by atoms with E-state index in [0.29, 0.717) is 10.0 Å². The van der Waals surface area contributed by atoms with Crippen molar-refractivity contribution in [3.05, 3.63) is 33.8 Å². The molecule has 0 fully saturated rings. The quantitative estimate of drug-likeness (QED) is 0.897. The third kappa shape index (κ3) is 4.37. The Morgan fingerprint density at radius 1 is 1.32 bits per heavy atom. The lowest BCUT2D eigenvalue weighted by Crippen LogP contribution is -2.49. The Balaban J connectivity index is 2.80. The van der Waals surface area contributed by atoms with E-state index in [1.54, 1.807) is 18.2 Å². The van der Waals surface area contributed by atoms with Crippen molar-refractivity contribution < 1.29 is 4.79 Å². The molecule has 1 rings (SSSR count). The molecule has 3 nitrogen and oxygen atoms in total. The Kier molecular flexibility index (Phi) is 5.25. The highest BCUT2D eigenvalue weighted by molar-refractivity contribution is 6.35. The van der Waals surface area contributed by atoms with Gasteiger partial charge in [-0.25, -0.2) is 0 Å². The number of hydrogen-bond acceptors (Lipinski definition) is 2. The molecule has 19 heavy (non-hydrogen) atoms. The Labute approximate surface area is 124 Å². The second-order valence-corrected chi connectivity index (χ2v) is 6.58. The monoisotopic (exact) mass is 302 g/mol. The van der Waals surface area contributed by atoms with Gasteiger partial charge in [-0.15, -0.1) is 0 Å². The van der Waals surface area contributed by atoms with Gasteiger partial charge in [0.15, 0.2) is 0 Å². The summed E-state index contributed by atoms with van der Waals surface area (Å²) < 4.78 is 0. The summed E-state index contributed by atoms with van der Waals surface area (Å²) in [5, 5.41) is 3.97. The first-order valence-electron chi connectivity index (χ1n) is 6.14. The average molecular weight is 303 g/mol. The van der Waals surface area contributed by atoms with E-state index in [-0.39, 0.29) is 17.4 Å². The Morgan fingerprint density at radius 2 is 1.89 bits per heavy atom. The van der Waals surface area contributed by atoms with Crippen LogP contribution in [0.25, 0.3) is 0 Å². The van der Waals surface area contributed by atoms with Crippen molar-refractivity contribution in [3.63, 3.8) is 0 Å². The number of nitrogens with one attached hydrogen (secondary N) is 1. The Morgan fingerprint density at radius 3 is 2.37 bits per heavy atom. The van der Waals surface area contributed by atoms with Crippen LogP contribution in [-0.2, 0) is 4.79 Å². The van der Waals surface area contributed by atoms with Gasteiger partial charge in [0, 0.05) is 10.0 Å².